The molecule has 2 aliphatic rings. The lowest BCUT2D eigenvalue weighted by Crippen LogP contribution is -2.44. The molecule has 0 bridgehead atoms. The standard InChI is InChI=1S/C33H38ClN7O3/c1-38-18-13-27(14-19-38)39(2)31(44)23-5-11-26(12-6-23)35-32-36-30-28(4-3-17-41(30)37-32)40-20-15-33(16-21-40,22-29(42)43)24-7-9-25(34)10-8-24/h3-12,17,27H,13-16,18-22H2,1-2H3,(H,35,37)(H,42,43). The summed E-state index contributed by atoms with van der Waals surface area (Å²) in [5.41, 5.74) is 3.68. The lowest BCUT2D eigenvalue weighted by molar-refractivity contribution is -0.138. The van der Waals surface area contributed by atoms with E-state index in [-0.39, 0.29) is 18.4 Å². The molecule has 0 aliphatic carbocycles. The fraction of sp³-hybridized carbons (Fsp3) is 0.394. The van der Waals surface area contributed by atoms with Gasteiger partial charge in [-0.1, -0.05) is 23.7 Å². The summed E-state index contributed by atoms with van der Waals surface area (Å²) < 4.78 is 1.75. The molecule has 44 heavy (non-hydrogen) atoms. The van der Waals surface area contributed by atoms with E-state index < -0.39 is 11.4 Å². The molecule has 11 heteroatoms. The molecule has 4 heterocycles. The molecule has 2 N–H and O–H groups in total. The van der Waals surface area contributed by atoms with Crippen molar-refractivity contribution < 1.29 is 14.7 Å². The van der Waals surface area contributed by atoms with Crippen LogP contribution in [-0.4, -0.2) is 87.7 Å². The second kappa shape index (κ2) is 12.5. The number of anilines is 3. The van der Waals surface area contributed by atoms with E-state index in [0.29, 0.717) is 42.5 Å². The van der Waals surface area contributed by atoms with Gasteiger partial charge >= 0.3 is 5.97 Å². The third-order valence-corrected chi connectivity index (χ3v) is 9.55. The Hall–Kier alpha value is -4.15. The molecule has 2 fully saturated rings. The van der Waals surface area contributed by atoms with Crippen molar-refractivity contribution in [2.24, 2.45) is 0 Å². The summed E-state index contributed by atoms with van der Waals surface area (Å²) in [6.45, 7) is 3.39. The number of nitrogens with one attached hydrogen (secondary N) is 1. The molecule has 4 aromatic rings. The topological polar surface area (TPSA) is 106 Å². The number of hydrogen-bond donors (Lipinski definition) is 2. The summed E-state index contributed by atoms with van der Waals surface area (Å²) in [5, 5.41) is 18.3. The Kier molecular flexibility index (Phi) is 8.46. The first-order valence-corrected chi connectivity index (χ1v) is 15.5. The second-order valence-corrected chi connectivity index (χ2v) is 12.5. The Morgan fingerprint density at radius 1 is 1.02 bits per heavy atom. The van der Waals surface area contributed by atoms with E-state index in [4.69, 9.17) is 16.6 Å². The minimum Gasteiger partial charge on any atom is -0.481 e. The Bertz CT molecular complexity index is 1620. The number of carboxylic acids is 1. The highest BCUT2D eigenvalue weighted by atomic mass is 35.5. The van der Waals surface area contributed by atoms with Crippen LogP contribution in [0.2, 0.25) is 5.02 Å². The first-order valence-electron chi connectivity index (χ1n) is 15.1. The van der Waals surface area contributed by atoms with Crippen LogP contribution in [0.5, 0.6) is 0 Å². The van der Waals surface area contributed by atoms with Gasteiger partial charge in [0.25, 0.3) is 5.91 Å². The van der Waals surface area contributed by atoms with Crippen molar-refractivity contribution in [1.82, 2.24) is 24.4 Å². The molecule has 6 rings (SSSR count). The highest BCUT2D eigenvalue weighted by molar-refractivity contribution is 6.30. The number of carboxylic acid groups (broad SMARTS) is 1. The zero-order valence-electron chi connectivity index (χ0n) is 25.1. The van der Waals surface area contributed by atoms with Crippen molar-refractivity contribution in [2.75, 3.05) is 50.5 Å². The quantitative estimate of drug-likeness (QED) is 0.275. The van der Waals surface area contributed by atoms with Gasteiger partial charge < -0.3 is 25.1 Å². The van der Waals surface area contributed by atoms with Gasteiger partial charge in [0.1, 0.15) is 0 Å². The SMILES string of the molecule is CN1CCC(N(C)C(=O)c2ccc(Nc3nc4c(N5CCC(CC(=O)O)(c6ccc(Cl)cc6)CC5)cccn4n3)cc2)CC1. The number of fused-ring (bicyclic) bond motifs is 1. The summed E-state index contributed by atoms with van der Waals surface area (Å²) in [4.78, 5) is 36.2. The summed E-state index contributed by atoms with van der Waals surface area (Å²) >= 11 is 6.11. The molecule has 2 aliphatic heterocycles. The molecular weight excluding hydrogens is 578 g/mol. The average molecular weight is 616 g/mol. The van der Waals surface area contributed by atoms with E-state index in [1.807, 2.05) is 78.8 Å². The van der Waals surface area contributed by atoms with E-state index in [9.17, 15) is 14.7 Å². The number of rotatable bonds is 8. The monoisotopic (exact) mass is 615 g/mol. The maximum atomic E-state index is 13.1. The molecular formula is C33H38ClN7O3. The van der Waals surface area contributed by atoms with E-state index in [1.54, 1.807) is 4.52 Å². The van der Waals surface area contributed by atoms with Crippen LogP contribution in [0.1, 0.15) is 48.0 Å². The summed E-state index contributed by atoms with van der Waals surface area (Å²) in [7, 11) is 4.02. The molecule has 10 nitrogen and oxygen atoms in total. The zero-order chi connectivity index (χ0) is 30.8. The van der Waals surface area contributed by atoms with Crippen LogP contribution in [0.4, 0.5) is 17.3 Å². The van der Waals surface area contributed by atoms with Gasteiger partial charge in [-0.2, -0.15) is 4.98 Å². The number of carbonyl (C=O) groups is 2. The Labute approximate surface area is 262 Å². The van der Waals surface area contributed by atoms with Gasteiger partial charge in [0.05, 0.1) is 12.1 Å². The fourth-order valence-electron chi connectivity index (χ4n) is 6.60. The largest absolute Gasteiger partial charge is 0.481 e. The van der Waals surface area contributed by atoms with Crippen molar-refractivity contribution in [3.05, 3.63) is 83.0 Å². The van der Waals surface area contributed by atoms with Crippen molar-refractivity contribution in [3.8, 4) is 0 Å². The van der Waals surface area contributed by atoms with E-state index in [1.165, 1.54) is 0 Å². The van der Waals surface area contributed by atoms with E-state index in [2.05, 4.69) is 27.3 Å². The number of carbonyl (C=O) groups excluding carboxylic acids is 1. The lowest BCUT2D eigenvalue weighted by Gasteiger charge is -2.42. The van der Waals surface area contributed by atoms with E-state index >= 15 is 0 Å². The summed E-state index contributed by atoms with van der Waals surface area (Å²) in [6.07, 6.45) is 5.30. The number of aliphatic carboxylic acids is 1. The number of likely N-dealkylation sites (tertiary alicyclic amines) is 1. The van der Waals surface area contributed by atoms with Crippen molar-refractivity contribution in [2.45, 2.75) is 43.6 Å². The lowest BCUT2D eigenvalue weighted by atomic mass is 9.70. The fourth-order valence-corrected chi connectivity index (χ4v) is 6.73. The number of benzene rings is 2. The van der Waals surface area contributed by atoms with Gasteiger partial charge in [-0.25, -0.2) is 4.52 Å². The third kappa shape index (κ3) is 6.23. The van der Waals surface area contributed by atoms with Crippen LogP contribution in [0.25, 0.3) is 5.65 Å². The molecule has 0 unspecified atom stereocenters. The second-order valence-electron chi connectivity index (χ2n) is 12.1. The number of amides is 1. The maximum absolute atomic E-state index is 13.1. The third-order valence-electron chi connectivity index (χ3n) is 9.29. The van der Waals surface area contributed by atoms with E-state index in [0.717, 1.165) is 48.5 Å². The Balaban J connectivity index is 1.14. The van der Waals surface area contributed by atoms with Gasteiger partial charge in [-0.05, 0) is 99.9 Å². The van der Waals surface area contributed by atoms with Gasteiger partial charge in [0.2, 0.25) is 5.95 Å². The first kappa shape index (κ1) is 29.9. The Morgan fingerprint density at radius 2 is 1.70 bits per heavy atom. The number of nitrogens with zero attached hydrogens (tertiary/aromatic N) is 6. The minimum atomic E-state index is -0.801. The molecule has 2 aromatic heterocycles. The molecule has 0 atom stereocenters. The molecule has 230 valence electrons. The summed E-state index contributed by atoms with van der Waals surface area (Å²) in [6, 6.07) is 19.3. The highest BCUT2D eigenvalue weighted by Crippen LogP contribution is 2.41. The number of pyridine rings is 1. The zero-order valence-corrected chi connectivity index (χ0v) is 25.9. The molecule has 2 aromatic carbocycles. The van der Waals surface area contributed by atoms with Crippen LogP contribution in [0.3, 0.4) is 0 Å². The van der Waals surface area contributed by atoms with Crippen molar-refractivity contribution >= 4 is 46.4 Å². The smallest absolute Gasteiger partial charge is 0.304 e. The van der Waals surface area contributed by atoms with Gasteiger partial charge in [0, 0.05) is 54.1 Å². The van der Waals surface area contributed by atoms with Gasteiger partial charge in [-0.15, -0.1) is 5.10 Å². The first-order chi connectivity index (χ1) is 21.2. The normalized spacial score (nSPS) is 17.5. The van der Waals surface area contributed by atoms with Crippen molar-refractivity contribution in [1.29, 1.82) is 0 Å². The molecule has 0 radical (unpaired) electrons. The summed E-state index contributed by atoms with van der Waals surface area (Å²) in [5.74, 6) is -0.310. The van der Waals surface area contributed by atoms with Gasteiger partial charge in [-0.3, -0.25) is 9.59 Å². The molecule has 0 spiro atoms. The van der Waals surface area contributed by atoms with Crippen LogP contribution in [-0.2, 0) is 10.2 Å². The molecule has 2 saturated heterocycles. The predicted molar refractivity (Wildman–Crippen MR) is 172 cm³/mol. The maximum Gasteiger partial charge on any atom is 0.304 e. The van der Waals surface area contributed by atoms with Crippen LogP contribution < -0.4 is 10.2 Å². The van der Waals surface area contributed by atoms with Crippen LogP contribution in [0, 0.1) is 0 Å². The number of hydrogen-bond acceptors (Lipinski definition) is 7. The molecule has 1 amide bonds. The molecule has 0 saturated carbocycles. The average Bonchev–Trinajstić information content (AvgIpc) is 3.44. The number of aromatic nitrogens is 3. The van der Waals surface area contributed by atoms with Gasteiger partial charge in [0.15, 0.2) is 5.65 Å². The van der Waals surface area contributed by atoms with Crippen LogP contribution in [0.15, 0.2) is 66.9 Å². The minimum absolute atomic E-state index is 0.0339. The number of piperidine rings is 2. The van der Waals surface area contributed by atoms with Crippen LogP contribution >= 0.6 is 11.6 Å². The highest BCUT2D eigenvalue weighted by Gasteiger charge is 2.39. The number of halogens is 1. The Morgan fingerprint density at radius 3 is 2.36 bits per heavy atom. The predicted octanol–water partition coefficient (Wildman–Crippen LogP) is 5.31. The van der Waals surface area contributed by atoms with Crippen molar-refractivity contribution in [3.63, 3.8) is 0 Å².